The molecule has 2 aromatic rings. The second-order valence-corrected chi connectivity index (χ2v) is 10.9. The van der Waals surface area contributed by atoms with E-state index >= 15 is 0 Å². The first kappa shape index (κ1) is 15.0. The quantitative estimate of drug-likeness (QED) is 0.830. The van der Waals surface area contributed by atoms with Gasteiger partial charge < -0.3 is 5.11 Å². The maximum atomic E-state index is 9.92. The number of hydrogen-bond acceptors (Lipinski definition) is 1. The maximum Gasteiger partial charge on any atom is 0.0880 e. The summed E-state index contributed by atoms with van der Waals surface area (Å²) in [6, 6.07) is 21.4. The van der Waals surface area contributed by atoms with Crippen molar-refractivity contribution < 1.29 is 5.11 Å². The van der Waals surface area contributed by atoms with Crippen LogP contribution in [-0.2, 0) is 0 Å². The lowest BCUT2D eigenvalue weighted by molar-refractivity contribution is 0.182. The van der Waals surface area contributed by atoms with Gasteiger partial charge in [-0.15, -0.1) is 0 Å². The molecule has 2 atom stereocenters. The summed E-state index contributed by atoms with van der Waals surface area (Å²) in [4.78, 5) is 0. The second kappa shape index (κ2) is 6.38. The van der Waals surface area contributed by atoms with Crippen LogP contribution in [0.5, 0.6) is 0 Å². The first-order valence-electron chi connectivity index (χ1n) is 7.30. The van der Waals surface area contributed by atoms with E-state index in [4.69, 9.17) is 0 Å². The Bertz CT molecular complexity index is 520. The molecule has 1 N–H and O–H groups in total. The van der Waals surface area contributed by atoms with Crippen LogP contribution >= 0.6 is 0 Å². The van der Waals surface area contributed by atoms with Crippen molar-refractivity contribution in [1.82, 2.24) is 0 Å². The van der Waals surface area contributed by atoms with Crippen LogP contribution in [0.3, 0.4) is 0 Å². The molecule has 20 heavy (non-hydrogen) atoms. The van der Waals surface area contributed by atoms with Gasteiger partial charge >= 0.3 is 0 Å². The van der Waals surface area contributed by atoms with Gasteiger partial charge in [-0.05, 0) is 24.4 Å². The summed E-state index contributed by atoms with van der Waals surface area (Å²) >= 11 is 0. The number of aliphatic hydroxyl groups excluding tert-OH is 1. The zero-order chi connectivity index (χ0) is 14.6. The van der Waals surface area contributed by atoms with Crippen molar-refractivity contribution in [1.29, 1.82) is 0 Å². The third kappa shape index (κ3) is 3.38. The Labute approximate surface area is 123 Å². The van der Waals surface area contributed by atoms with Gasteiger partial charge in [-0.25, -0.2) is 0 Å². The summed E-state index contributed by atoms with van der Waals surface area (Å²) in [5.74, 6) is 0. The van der Waals surface area contributed by atoms with Crippen LogP contribution < -0.4 is 5.19 Å². The highest BCUT2D eigenvalue weighted by atomic mass is 28.3. The zero-order valence-corrected chi connectivity index (χ0v) is 13.6. The van der Waals surface area contributed by atoms with Gasteiger partial charge in [0.1, 0.15) is 0 Å². The van der Waals surface area contributed by atoms with Gasteiger partial charge in [0.2, 0.25) is 0 Å². The van der Waals surface area contributed by atoms with Crippen molar-refractivity contribution in [3.63, 3.8) is 0 Å². The van der Waals surface area contributed by atoms with Crippen LogP contribution in [0.2, 0.25) is 13.1 Å². The molecule has 0 unspecified atom stereocenters. The molecule has 2 heteroatoms. The predicted molar refractivity (Wildman–Crippen MR) is 89.0 cm³/mol. The molecule has 0 amide bonds. The Morgan fingerprint density at radius 1 is 0.900 bits per heavy atom. The molecule has 1 nitrogen and oxygen atoms in total. The summed E-state index contributed by atoms with van der Waals surface area (Å²) in [7, 11) is -1.67. The summed E-state index contributed by atoms with van der Waals surface area (Å²) < 4.78 is 0. The van der Waals surface area contributed by atoms with E-state index in [0.717, 1.165) is 6.42 Å². The Balaban J connectivity index is 2.41. The average molecular weight is 284 g/mol. The van der Waals surface area contributed by atoms with Crippen LogP contribution in [0.25, 0.3) is 0 Å². The zero-order valence-electron chi connectivity index (χ0n) is 12.6. The summed E-state index contributed by atoms with van der Waals surface area (Å²) in [6.45, 7) is 6.70. The van der Waals surface area contributed by atoms with Crippen molar-refractivity contribution in [2.24, 2.45) is 0 Å². The van der Waals surface area contributed by atoms with E-state index in [9.17, 15) is 5.11 Å². The fourth-order valence-electron chi connectivity index (χ4n) is 2.94. The molecule has 0 aliphatic rings. The molecule has 0 aromatic heterocycles. The molecular weight excluding hydrogens is 260 g/mol. The fourth-order valence-corrected chi connectivity index (χ4v) is 6.35. The van der Waals surface area contributed by atoms with Gasteiger partial charge in [0.15, 0.2) is 0 Å². The predicted octanol–water partition coefficient (Wildman–Crippen LogP) is 3.70. The van der Waals surface area contributed by atoms with Crippen LogP contribution in [0.1, 0.15) is 24.4 Å². The van der Waals surface area contributed by atoms with Gasteiger partial charge in [-0.3, -0.25) is 0 Å². The third-order valence-corrected chi connectivity index (χ3v) is 8.30. The van der Waals surface area contributed by atoms with Crippen LogP contribution in [0.4, 0.5) is 0 Å². The Morgan fingerprint density at radius 3 is 1.90 bits per heavy atom. The van der Waals surface area contributed by atoms with Gasteiger partial charge in [0.05, 0.1) is 14.2 Å². The molecule has 0 aliphatic heterocycles. The van der Waals surface area contributed by atoms with Crippen molar-refractivity contribution in [3.05, 3.63) is 66.2 Å². The smallest absolute Gasteiger partial charge is 0.0880 e. The van der Waals surface area contributed by atoms with E-state index in [1.807, 2.05) is 6.92 Å². The van der Waals surface area contributed by atoms with Crippen molar-refractivity contribution in [2.45, 2.75) is 38.1 Å². The molecule has 0 bridgehead atoms. The molecule has 0 spiro atoms. The fraction of sp³-hybridized carbons (Fsp3) is 0.333. The lowest BCUT2D eigenvalue weighted by atomic mass is 10.1. The van der Waals surface area contributed by atoms with Crippen molar-refractivity contribution >= 4 is 13.3 Å². The van der Waals surface area contributed by atoms with E-state index in [1.54, 1.807) is 0 Å². The minimum atomic E-state index is -1.67. The number of hydrogen-bond donors (Lipinski definition) is 1. The largest absolute Gasteiger partial charge is 0.393 e. The number of benzene rings is 2. The summed E-state index contributed by atoms with van der Waals surface area (Å²) in [5.41, 5.74) is 1.79. The highest BCUT2D eigenvalue weighted by Crippen LogP contribution is 2.31. The number of aliphatic hydroxyl groups is 1. The van der Waals surface area contributed by atoms with E-state index < -0.39 is 8.07 Å². The molecule has 0 saturated carbocycles. The van der Waals surface area contributed by atoms with Crippen molar-refractivity contribution in [3.8, 4) is 0 Å². The number of rotatable bonds is 5. The topological polar surface area (TPSA) is 20.2 Å². The molecule has 0 heterocycles. The van der Waals surface area contributed by atoms with Gasteiger partial charge in [-0.2, -0.15) is 0 Å². The minimum absolute atomic E-state index is 0.268. The van der Waals surface area contributed by atoms with Crippen LogP contribution in [-0.4, -0.2) is 19.3 Å². The van der Waals surface area contributed by atoms with Crippen LogP contribution in [0.15, 0.2) is 60.7 Å². The standard InChI is InChI=1S/C18H24OSi/c1-15(19)14-18(16-10-6-4-7-11-16)20(2,3)17-12-8-5-9-13-17/h4-13,15,18-19H,14H2,1-3H3/t15-,18+/m1/s1. The first-order chi connectivity index (χ1) is 9.51. The molecule has 106 valence electrons. The summed E-state index contributed by atoms with van der Waals surface area (Å²) in [5, 5.41) is 11.4. The normalized spacial score (nSPS) is 14.8. The van der Waals surface area contributed by atoms with E-state index in [0.29, 0.717) is 5.54 Å². The lowest BCUT2D eigenvalue weighted by Crippen LogP contribution is -2.48. The monoisotopic (exact) mass is 284 g/mol. The summed E-state index contributed by atoms with van der Waals surface area (Å²) in [6.07, 6.45) is 0.564. The van der Waals surface area contributed by atoms with Gasteiger partial charge in [0.25, 0.3) is 0 Å². The molecular formula is C18H24OSi. The lowest BCUT2D eigenvalue weighted by Gasteiger charge is -2.34. The molecule has 0 fully saturated rings. The van der Waals surface area contributed by atoms with E-state index in [-0.39, 0.29) is 6.10 Å². The van der Waals surface area contributed by atoms with E-state index in [1.165, 1.54) is 10.8 Å². The van der Waals surface area contributed by atoms with Gasteiger partial charge in [0, 0.05) is 0 Å². The average Bonchev–Trinajstić information content (AvgIpc) is 2.46. The highest BCUT2D eigenvalue weighted by Gasteiger charge is 2.35. The molecule has 0 saturated heterocycles. The molecule has 0 radical (unpaired) electrons. The second-order valence-electron chi connectivity index (χ2n) is 6.14. The maximum absolute atomic E-state index is 9.92. The Kier molecular flexibility index (Phi) is 4.79. The molecule has 2 rings (SSSR count). The molecule has 2 aromatic carbocycles. The SMILES string of the molecule is C[C@@H](O)C[C@@H](c1ccccc1)[Si](C)(C)c1ccccc1. The van der Waals surface area contributed by atoms with Crippen LogP contribution in [0, 0.1) is 0 Å². The van der Waals surface area contributed by atoms with Crippen molar-refractivity contribution in [2.75, 3.05) is 0 Å². The highest BCUT2D eigenvalue weighted by molar-refractivity contribution is 6.90. The minimum Gasteiger partial charge on any atom is -0.393 e. The Hall–Kier alpha value is -1.38. The van der Waals surface area contributed by atoms with E-state index in [2.05, 4.69) is 73.8 Å². The third-order valence-electron chi connectivity index (χ3n) is 4.17. The first-order valence-corrected chi connectivity index (χ1v) is 10.4. The Morgan fingerprint density at radius 2 is 1.40 bits per heavy atom. The van der Waals surface area contributed by atoms with Gasteiger partial charge in [-0.1, -0.05) is 78.9 Å². The molecule has 0 aliphatic carbocycles.